The number of aromatic nitrogens is 3. The molecule has 0 aliphatic carbocycles. The molecule has 1 aliphatic heterocycles. The van der Waals surface area contributed by atoms with E-state index in [-0.39, 0.29) is 0 Å². The zero-order valence-corrected chi connectivity index (χ0v) is 15.9. The van der Waals surface area contributed by atoms with E-state index in [0.29, 0.717) is 6.04 Å². The Morgan fingerprint density at radius 3 is 2.50 bits per heavy atom. The SMILES string of the molecule is CC(C)N1Cc2ccccc2-c2nnn(CI)c2-c2ccccc21. The summed E-state index contributed by atoms with van der Waals surface area (Å²) in [6.07, 6.45) is 0. The van der Waals surface area contributed by atoms with Crippen LogP contribution in [0.3, 0.4) is 0 Å². The Morgan fingerprint density at radius 1 is 1.04 bits per heavy atom. The van der Waals surface area contributed by atoms with Crippen molar-refractivity contribution in [1.29, 1.82) is 0 Å². The average molecular weight is 430 g/mol. The molecule has 3 aromatic rings. The van der Waals surface area contributed by atoms with Gasteiger partial charge in [-0.15, -0.1) is 5.10 Å². The van der Waals surface area contributed by atoms with Gasteiger partial charge in [0.1, 0.15) is 5.69 Å². The topological polar surface area (TPSA) is 34.0 Å². The summed E-state index contributed by atoms with van der Waals surface area (Å²) in [5, 5.41) is 8.94. The second-order valence-electron chi connectivity index (χ2n) is 6.30. The summed E-state index contributed by atoms with van der Waals surface area (Å²) in [5.41, 5.74) is 7.02. The Labute approximate surface area is 155 Å². The third-order valence-corrected chi connectivity index (χ3v) is 5.20. The van der Waals surface area contributed by atoms with Crippen molar-refractivity contribution in [2.24, 2.45) is 0 Å². The number of halogens is 1. The van der Waals surface area contributed by atoms with E-state index in [2.05, 4.69) is 100 Å². The van der Waals surface area contributed by atoms with Crippen molar-refractivity contribution in [1.82, 2.24) is 15.0 Å². The minimum absolute atomic E-state index is 0.407. The first-order valence-electron chi connectivity index (χ1n) is 8.14. The van der Waals surface area contributed by atoms with Crippen LogP contribution in [0.15, 0.2) is 48.5 Å². The van der Waals surface area contributed by atoms with Crippen molar-refractivity contribution in [2.75, 3.05) is 4.90 Å². The molecule has 0 fully saturated rings. The van der Waals surface area contributed by atoms with Crippen LogP contribution in [-0.4, -0.2) is 21.0 Å². The third kappa shape index (κ3) is 2.42. The molecule has 1 aliphatic rings. The van der Waals surface area contributed by atoms with Crippen LogP contribution in [0, 0.1) is 0 Å². The van der Waals surface area contributed by atoms with Crippen LogP contribution >= 0.6 is 22.6 Å². The van der Waals surface area contributed by atoms with E-state index in [1.807, 2.05) is 4.68 Å². The molecule has 2 heterocycles. The standard InChI is InChI=1S/C19H19IN4/c1-13(2)23-11-14-7-3-4-8-15(14)18-19(24(12-20)22-21-18)16-9-5-6-10-17(16)23/h3-10,13H,11-12H2,1-2H3. The van der Waals surface area contributed by atoms with Crippen molar-refractivity contribution in [3.05, 3.63) is 54.1 Å². The fraction of sp³-hybridized carbons (Fsp3) is 0.263. The third-order valence-electron chi connectivity index (χ3n) is 4.55. The maximum Gasteiger partial charge on any atom is 0.121 e. The number of fused-ring (bicyclic) bond motifs is 5. The van der Waals surface area contributed by atoms with E-state index >= 15 is 0 Å². The Morgan fingerprint density at radius 2 is 1.75 bits per heavy atom. The monoisotopic (exact) mass is 430 g/mol. The number of hydrogen-bond acceptors (Lipinski definition) is 3. The van der Waals surface area contributed by atoms with Crippen LogP contribution in [0.4, 0.5) is 5.69 Å². The smallest absolute Gasteiger partial charge is 0.121 e. The minimum atomic E-state index is 0.407. The van der Waals surface area contributed by atoms with E-state index in [9.17, 15) is 0 Å². The summed E-state index contributed by atoms with van der Waals surface area (Å²) in [4.78, 5) is 2.46. The van der Waals surface area contributed by atoms with Crippen LogP contribution in [0.5, 0.6) is 0 Å². The molecule has 0 spiro atoms. The van der Waals surface area contributed by atoms with E-state index in [1.165, 1.54) is 22.4 Å². The van der Waals surface area contributed by atoms with Crippen molar-refractivity contribution in [3.8, 4) is 22.5 Å². The number of rotatable bonds is 2. The molecule has 1 aromatic heterocycles. The van der Waals surface area contributed by atoms with E-state index in [4.69, 9.17) is 0 Å². The number of hydrogen-bond donors (Lipinski definition) is 0. The molecule has 24 heavy (non-hydrogen) atoms. The number of anilines is 1. The van der Waals surface area contributed by atoms with Crippen molar-refractivity contribution < 1.29 is 0 Å². The highest BCUT2D eigenvalue weighted by Gasteiger charge is 2.26. The predicted molar refractivity (Wildman–Crippen MR) is 106 cm³/mol. The van der Waals surface area contributed by atoms with Gasteiger partial charge in [0.2, 0.25) is 0 Å². The molecule has 0 saturated carbocycles. The second-order valence-corrected chi connectivity index (χ2v) is 6.98. The lowest BCUT2D eigenvalue weighted by molar-refractivity contribution is 0.681. The first-order valence-corrected chi connectivity index (χ1v) is 9.67. The lowest BCUT2D eigenvalue weighted by Crippen LogP contribution is -2.31. The molecular formula is C19H19IN4. The Hall–Kier alpha value is -1.89. The van der Waals surface area contributed by atoms with Gasteiger partial charge in [-0.05, 0) is 25.5 Å². The fourth-order valence-corrected chi connectivity index (χ4v) is 3.87. The first kappa shape index (κ1) is 15.6. The lowest BCUT2D eigenvalue weighted by atomic mass is 9.95. The maximum atomic E-state index is 4.53. The Bertz CT molecular complexity index is 885. The van der Waals surface area contributed by atoms with Crippen molar-refractivity contribution >= 4 is 28.3 Å². The molecule has 0 bridgehead atoms. The van der Waals surface area contributed by atoms with Gasteiger partial charge in [0.15, 0.2) is 0 Å². The van der Waals surface area contributed by atoms with Crippen LogP contribution in [0.25, 0.3) is 22.5 Å². The van der Waals surface area contributed by atoms with Crippen LogP contribution in [0.2, 0.25) is 0 Å². The lowest BCUT2D eigenvalue weighted by Gasteiger charge is -2.33. The zero-order valence-electron chi connectivity index (χ0n) is 13.8. The maximum absolute atomic E-state index is 4.53. The molecule has 0 radical (unpaired) electrons. The first-order chi connectivity index (χ1) is 11.7. The minimum Gasteiger partial charge on any atom is -0.364 e. The Kier molecular flexibility index (Phi) is 4.04. The largest absolute Gasteiger partial charge is 0.364 e. The number of nitrogens with zero attached hydrogens (tertiary/aromatic N) is 4. The summed E-state index contributed by atoms with van der Waals surface area (Å²) in [7, 11) is 0. The molecule has 0 amide bonds. The second kappa shape index (κ2) is 6.20. The van der Waals surface area contributed by atoms with Crippen LogP contribution in [0.1, 0.15) is 19.4 Å². The summed E-state index contributed by atoms with van der Waals surface area (Å²) in [6.45, 7) is 5.37. The fourth-order valence-electron chi connectivity index (χ4n) is 3.39. The molecule has 4 nitrogen and oxygen atoms in total. The summed E-state index contributed by atoms with van der Waals surface area (Å²) < 4.78 is 2.77. The highest BCUT2D eigenvalue weighted by atomic mass is 127. The molecule has 122 valence electrons. The summed E-state index contributed by atoms with van der Waals surface area (Å²) in [6, 6.07) is 17.6. The average Bonchev–Trinajstić information content (AvgIpc) is 3.01. The van der Waals surface area contributed by atoms with Crippen molar-refractivity contribution in [2.45, 2.75) is 31.0 Å². The summed E-state index contributed by atoms with van der Waals surface area (Å²) in [5.74, 6) is 0. The van der Waals surface area contributed by atoms with Gasteiger partial charge in [0.05, 0.1) is 10.2 Å². The Balaban J connectivity index is 2.09. The molecule has 0 atom stereocenters. The van der Waals surface area contributed by atoms with E-state index in [0.717, 1.165) is 22.5 Å². The van der Waals surface area contributed by atoms with Gasteiger partial charge in [-0.2, -0.15) is 0 Å². The van der Waals surface area contributed by atoms with Gasteiger partial charge in [-0.25, -0.2) is 4.68 Å². The van der Waals surface area contributed by atoms with Gasteiger partial charge in [0.25, 0.3) is 0 Å². The predicted octanol–water partition coefficient (Wildman–Crippen LogP) is 4.73. The molecule has 5 heteroatoms. The zero-order chi connectivity index (χ0) is 16.7. The quantitative estimate of drug-likeness (QED) is 0.436. The molecule has 0 unspecified atom stereocenters. The highest BCUT2D eigenvalue weighted by molar-refractivity contribution is 14.1. The van der Waals surface area contributed by atoms with Crippen molar-refractivity contribution in [3.63, 3.8) is 0 Å². The van der Waals surface area contributed by atoms with E-state index < -0.39 is 0 Å². The van der Waals surface area contributed by atoms with Crippen LogP contribution in [-0.2, 0) is 11.1 Å². The number of benzene rings is 2. The van der Waals surface area contributed by atoms with Gasteiger partial charge < -0.3 is 4.90 Å². The normalized spacial score (nSPS) is 13.1. The number of alkyl halides is 1. The van der Waals surface area contributed by atoms with Crippen LogP contribution < -0.4 is 4.90 Å². The number of para-hydroxylation sites is 1. The van der Waals surface area contributed by atoms with Gasteiger partial charge in [-0.3, -0.25) is 0 Å². The molecular weight excluding hydrogens is 411 g/mol. The van der Waals surface area contributed by atoms with Gasteiger partial charge >= 0.3 is 0 Å². The van der Waals surface area contributed by atoms with Gasteiger partial charge in [0, 0.05) is 29.4 Å². The molecule has 0 saturated heterocycles. The molecule has 4 rings (SSSR count). The highest BCUT2D eigenvalue weighted by Crippen LogP contribution is 2.41. The van der Waals surface area contributed by atoms with E-state index in [1.54, 1.807) is 0 Å². The molecule has 0 N–H and O–H groups in total. The van der Waals surface area contributed by atoms with Gasteiger partial charge in [-0.1, -0.05) is 70.3 Å². The molecule has 2 aromatic carbocycles. The summed E-state index contributed by atoms with van der Waals surface area (Å²) >= 11 is 2.34.